The fourth-order valence-electron chi connectivity index (χ4n) is 7.11. The van der Waals surface area contributed by atoms with Crippen LogP contribution in [-0.2, 0) is 6.42 Å². The van der Waals surface area contributed by atoms with Crippen molar-refractivity contribution in [3.8, 4) is 0 Å². The molecule has 0 heterocycles. The van der Waals surface area contributed by atoms with Crippen LogP contribution in [0, 0.1) is 29.6 Å². The molecule has 0 spiro atoms. The molecule has 1 aromatic rings. The predicted octanol–water partition coefficient (Wildman–Crippen LogP) is 8.32. The average Bonchev–Trinajstić information content (AvgIpc) is 2.75. The van der Waals surface area contributed by atoms with Gasteiger partial charge >= 0.3 is 0 Å². The monoisotopic (exact) mass is 378 g/mol. The number of fused-ring (bicyclic) bond motifs is 1. The SMILES string of the molecule is C=CCc1ccc(C2CCC3CC(C4CCC(CCC)CC4)CCC3C2)cc1. The maximum absolute atomic E-state index is 3.86. The van der Waals surface area contributed by atoms with E-state index >= 15 is 0 Å². The maximum atomic E-state index is 3.86. The van der Waals surface area contributed by atoms with Gasteiger partial charge in [0.15, 0.2) is 0 Å². The lowest BCUT2D eigenvalue weighted by Gasteiger charge is -2.45. The molecule has 0 radical (unpaired) electrons. The smallest absolute Gasteiger partial charge is 0.0100 e. The first-order valence-electron chi connectivity index (χ1n) is 12.5. The van der Waals surface area contributed by atoms with Crippen LogP contribution >= 0.6 is 0 Å². The lowest BCUT2D eigenvalue weighted by Crippen LogP contribution is -2.34. The highest BCUT2D eigenvalue weighted by Gasteiger charge is 2.38. The highest BCUT2D eigenvalue weighted by atomic mass is 14.4. The minimum Gasteiger partial charge on any atom is -0.103 e. The highest BCUT2D eigenvalue weighted by molar-refractivity contribution is 5.27. The number of allylic oxidation sites excluding steroid dienone is 1. The molecule has 0 N–H and O–H groups in total. The van der Waals surface area contributed by atoms with Crippen LogP contribution in [0.1, 0.15) is 101 Å². The molecule has 0 heteroatoms. The lowest BCUT2D eigenvalue weighted by molar-refractivity contribution is 0.0712. The van der Waals surface area contributed by atoms with Gasteiger partial charge in [-0.3, -0.25) is 0 Å². The van der Waals surface area contributed by atoms with Crippen molar-refractivity contribution in [1.29, 1.82) is 0 Å². The van der Waals surface area contributed by atoms with Crippen molar-refractivity contribution in [2.45, 2.75) is 96.3 Å². The number of benzene rings is 1. The molecule has 0 aromatic heterocycles. The summed E-state index contributed by atoms with van der Waals surface area (Å²) in [6.45, 7) is 6.23. The summed E-state index contributed by atoms with van der Waals surface area (Å²) in [5, 5.41) is 0. The van der Waals surface area contributed by atoms with Crippen LogP contribution in [0.3, 0.4) is 0 Å². The normalized spacial score (nSPS) is 35.9. The molecule has 3 saturated carbocycles. The molecule has 4 atom stereocenters. The highest BCUT2D eigenvalue weighted by Crippen LogP contribution is 2.51. The minimum atomic E-state index is 0.820. The van der Waals surface area contributed by atoms with E-state index in [1.807, 2.05) is 6.08 Å². The molecule has 0 nitrogen and oxygen atoms in total. The molecule has 0 bridgehead atoms. The van der Waals surface area contributed by atoms with Crippen molar-refractivity contribution >= 4 is 0 Å². The van der Waals surface area contributed by atoms with Gasteiger partial charge in [0.25, 0.3) is 0 Å². The van der Waals surface area contributed by atoms with Crippen molar-refractivity contribution in [2.24, 2.45) is 29.6 Å². The quantitative estimate of drug-likeness (QED) is 0.436. The molecule has 4 unspecified atom stereocenters. The van der Waals surface area contributed by atoms with Gasteiger partial charge in [-0.05, 0) is 104 Å². The first kappa shape index (κ1) is 20.2. The Kier molecular flexibility index (Phi) is 6.97. The Morgan fingerprint density at radius 3 is 2.07 bits per heavy atom. The summed E-state index contributed by atoms with van der Waals surface area (Å²) in [5.41, 5.74) is 3.00. The molecule has 3 aliphatic rings. The van der Waals surface area contributed by atoms with Gasteiger partial charge in [0, 0.05) is 0 Å². The molecule has 1 aromatic carbocycles. The van der Waals surface area contributed by atoms with Gasteiger partial charge in [-0.15, -0.1) is 6.58 Å². The van der Waals surface area contributed by atoms with Gasteiger partial charge in [0.2, 0.25) is 0 Å². The van der Waals surface area contributed by atoms with Crippen LogP contribution < -0.4 is 0 Å². The third-order valence-electron chi connectivity index (χ3n) is 8.74. The van der Waals surface area contributed by atoms with Crippen LogP contribution in [0.5, 0.6) is 0 Å². The zero-order valence-corrected chi connectivity index (χ0v) is 18.3. The Hall–Kier alpha value is -1.04. The van der Waals surface area contributed by atoms with Gasteiger partial charge in [-0.1, -0.05) is 62.9 Å². The maximum Gasteiger partial charge on any atom is -0.0100 e. The number of rotatable bonds is 6. The summed E-state index contributed by atoms with van der Waals surface area (Å²) < 4.78 is 0. The summed E-state index contributed by atoms with van der Waals surface area (Å²) in [5.74, 6) is 6.08. The number of hydrogen-bond acceptors (Lipinski definition) is 0. The van der Waals surface area contributed by atoms with Gasteiger partial charge in [0.05, 0.1) is 0 Å². The fraction of sp³-hybridized carbons (Fsp3) is 0.714. The van der Waals surface area contributed by atoms with E-state index < -0.39 is 0 Å². The molecule has 0 saturated heterocycles. The van der Waals surface area contributed by atoms with Crippen LogP contribution in [-0.4, -0.2) is 0 Å². The Labute approximate surface area is 174 Å². The van der Waals surface area contributed by atoms with Gasteiger partial charge < -0.3 is 0 Å². The third-order valence-corrected chi connectivity index (χ3v) is 8.74. The molecule has 28 heavy (non-hydrogen) atoms. The molecule has 3 aliphatic carbocycles. The Balaban J connectivity index is 1.28. The predicted molar refractivity (Wildman–Crippen MR) is 122 cm³/mol. The standard InChI is InChI=1S/C28H42/c1-3-5-21-7-11-23(12-8-21)25-15-17-28-20-26(16-18-27(28)19-25)24-13-9-22(6-4-2)10-14-24/h3,7-8,11-12,22,24-28H,1,4-6,9-10,13-20H2,2H3. The second-order valence-corrected chi connectivity index (χ2v) is 10.4. The fourth-order valence-corrected chi connectivity index (χ4v) is 7.11. The zero-order chi connectivity index (χ0) is 19.3. The van der Waals surface area contributed by atoms with E-state index in [2.05, 4.69) is 37.8 Å². The molecule has 4 rings (SSSR count). The van der Waals surface area contributed by atoms with E-state index in [-0.39, 0.29) is 0 Å². The van der Waals surface area contributed by atoms with E-state index in [0.717, 1.165) is 41.9 Å². The lowest BCUT2D eigenvalue weighted by atomic mass is 9.60. The van der Waals surface area contributed by atoms with Gasteiger partial charge in [0.1, 0.15) is 0 Å². The van der Waals surface area contributed by atoms with Crippen molar-refractivity contribution in [2.75, 3.05) is 0 Å². The van der Waals surface area contributed by atoms with Crippen molar-refractivity contribution in [1.82, 2.24) is 0 Å². The number of hydrogen-bond donors (Lipinski definition) is 0. The Bertz CT molecular complexity index is 603. The summed E-state index contributed by atoms with van der Waals surface area (Å²) >= 11 is 0. The van der Waals surface area contributed by atoms with E-state index in [1.54, 1.807) is 24.8 Å². The molecular weight excluding hydrogens is 336 g/mol. The summed E-state index contributed by atoms with van der Waals surface area (Å²) in [6, 6.07) is 9.47. The Morgan fingerprint density at radius 1 is 0.786 bits per heavy atom. The molecule has 0 aliphatic heterocycles. The van der Waals surface area contributed by atoms with Gasteiger partial charge in [-0.2, -0.15) is 0 Å². The average molecular weight is 379 g/mol. The largest absolute Gasteiger partial charge is 0.103 e. The van der Waals surface area contributed by atoms with E-state index in [9.17, 15) is 0 Å². The van der Waals surface area contributed by atoms with Crippen LogP contribution in [0.25, 0.3) is 0 Å². The second-order valence-electron chi connectivity index (χ2n) is 10.4. The van der Waals surface area contributed by atoms with Gasteiger partial charge in [-0.25, -0.2) is 0 Å². The van der Waals surface area contributed by atoms with Crippen molar-refractivity contribution in [3.05, 3.63) is 48.0 Å². The van der Waals surface area contributed by atoms with Crippen LogP contribution in [0.2, 0.25) is 0 Å². The third kappa shape index (κ3) is 4.74. The van der Waals surface area contributed by atoms with Crippen molar-refractivity contribution < 1.29 is 0 Å². The topological polar surface area (TPSA) is 0 Å². The Morgan fingerprint density at radius 2 is 1.39 bits per heavy atom. The molecule has 0 amide bonds. The second kappa shape index (κ2) is 9.64. The van der Waals surface area contributed by atoms with Crippen LogP contribution in [0.4, 0.5) is 0 Å². The zero-order valence-electron chi connectivity index (χ0n) is 18.3. The van der Waals surface area contributed by atoms with Crippen LogP contribution in [0.15, 0.2) is 36.9 Å². The molecule has 3 fully saturated rings. The minimum absolute atomic E-state index is 0.820. The van der Waals surface area contributed by atoms with Crippen molar-refractivity contribution in [3.63, 3.8) is 0 Å². The summed E-state index contributed by atoms with van der Waals surface area (Å²) in [7, 11) is 0. The summed E-state index contributed by atoms with van der Waals surface area (Å²) in [4.78, 5) is 0. The first-order valence-corrected chi connectivity index (χ1v) is 12.5. The summed E-state index contributed by atoms with van der Waals surface area (Å²) in [6.07, 6.45) is 21.1. The molecular formula is C28H42. The van der Waals surface area contributed by atoms with E-state index in [1.165, 1.54) is 63.4 Å². The van der Waals surface area contributed by atoms with E-state index in [0.29, 0.717) is 0 Å². The van der Waals surface area contributed by atoms with E-state index in [4.69, 9.17) is 0 Å². The molecule has 154 valence electrons. The first-order chi connectivity index (χ1) is 13.8.